The predicted molar refractivity (Wildman–Crippen MR) is 57.5 cm³/mol. The summed E-state index contributed by atoms with van der Waals surface area (Å²) >= 11 is 0. The molecule has 2 heterocycles. The first-order chi connectivity index (χ1) is 6.81. The molecule has 0 spiro atoms. The van der Waals surface area contributed by atoms with E-state index in [1.807, 2.05) is 27.7 Å². The first-order valence-corrected chi connectivity index (χ1v) is 5.81. The number of fused-ring (bicyclic) bond motifs is 1. The molecule has 0 atom stereocenters. The molecule has 0 aromatic carbocycles. The Balaban J connectivity index is 2.25. The molecule has 3 heteroatoms. The van der Waals surface area contributed by atoms with Gasteiger partial charge in [-0.1, -0.05) is 13.8 Å². The average molecular weight is 213 g/mol. The molecule has 0 aromatic rings. The number of halogens is 1. The van der Waals surface area contributed by atoms with Gasteiger partial charge in [0.25, 0.3) is 0 Å². The van der Waals surface area contributed by atoms with Crippen molar-refractivity contribution >= 4 is 5.78 Å². The van der Waals surface area contributed by atoms with Crippen LogP contribution >= 0.6 is 0 Å². The summed E-state index contributed by atoms with van der Waals surface area (Å²) in [4.78, 5) is 14.2. The van der Waals surface area contributed by atoms with Gasteiger partial charge >= 0.3 is 0 Å². The summed E-state index contributed by atoms with van der Waals surface area (Å²) < 4.78 is 14.0. The number of nitrogens with zero attached hydrogens (tertiary/aromatic N) is 1. The van der Waals surface area contributed by atoms with Crippen molar-refractivity contribution in [2.24, 2.45) is 5.92 Å². The quantitative estimate of drug-likeness (QED) is 0.716. The first-order valence-electron chi connectivity index (χ1n) is 5.81. The van der Waals surface area contributed by atoms with Gasteiger partial charge in [-0.3, -0.25) is 9.69 Å². The second-order valence-corrected chi connectivity index (χ2v) is 5.78. The SMILES string of the molecule is CC(C)C(=O)C12CC(F)(CN1C(C)C)C2. The summed E-state index contributed by atoms with van der Waals surface area (Å²) in [6.45, 7) is 8.35. The zero-order chi connectivity index (χ0) is 11.4. The molecule has 0 N–H and O–H groups in total. The van der Waals surface area contributed by atoms with Crippen LogP contribution in [0.25, 0.3) is 0 Å². The van der Waals surface area contributed by atoms with Crippen LogP contribution in [0.2, 0.25) is 0 Å². The highest BCUT2D eigenvalue weighted by Crippen LogP contribution is 2.57. The molecule has 0 unspecified atom stereocenters. The van der Waals surface area contributed by atoms with Gasteiger partial charge in [0.15, 0.2) is 5.78 Å². The molecule has 3 aliphatic rings. The first kappa shape index (κ1) is 11.1. The summed E-state index contributed by atoms with van der Waals surface area (Å²) in [6, 6.07) is 0.257. The van der Waals surface area contributed by atoms with Gasteiger partial charge in [0.2, 0.25) is 0 Å². The highest BCUT2D eigenvalue weighted by Gasteiger charge is 2.69. The Kier molecular flexibility index (Phi) is 2.24. The molecule has 2 aliphatic heterocycles. The van der Waals surface area contributed by atoms with Crippen molar-refractivity contribution in [3.63, 3.8) is 0 Å². The van der Waals surface area contributed by atoms with E-state index < -0.39 is 11.2 Å². The minimum Gasteiger partial charge on any atom is -0.297 e. The van der Waals surface area contributed by atoms with Crippen LogP contribution in [0, 0.1) is 5.92 Å². The van der Waals surface area contributed by atoms with Crippen LogP contribution in [-0.2, 0) is 4.79 Å². The molecule has 1 saturated carbocycles. The number of hydrogen-bond donors (Lipinski definition) is 0. The Labute approximate surface area is 90.8 Å². The lowest BCUT2D eigenvalue weighted by Crippen LogP contribution is -2.59. The van der Waals surface area contributed by atoms with Gasteiger partial charge in [0.05, 0.1) is 5.54 Å². The van der Waals surface area contributed by atoms with Crippen molar-refractivity contribution in [2.75, 3.05) is 6.54 Å². The maximum Gasteiger partial charge on any atom is 0.155 e. The van der Waals surface area contributed by atoms with Gasteiger partial charge in [0, 0.05) is 31.3 Å². The highest BCUT2D eigenvalue weighted by molar-refractivity contribution is 5.92. The molecule has 3 fully saturated rings. The third kappa shape index (κ3) is 1.36. The molecular weight excluding hydrogens is 193 g/mol. The van der Waals surface area contributed by atoms with E-state index in [0.717, 1.165) is 0 Å². The van der Waals surface area contributed by atoms with Crippen molar-refractivity contribution in [3.8, 4) is 0 Å². The molecule has 2 saturated heterocycles. The van der Waals surface area contributed by atoms with E-state index >= 15 is 0 Å². The predicted octanol–water partition coefficient (Wildman–Crippen LogP) is 2.18. The van der Waals surface area contributed by atoms with Crippen molar-refractivity contribution in [3.05, 3.63) is 0 Å². The van der Waals surface area contributed by atoms with E-state index in [1.165, 1.54) is 0 Å². The normalized spacial score (nSPS) is 39.9. The molecule has 1 aliphatic carbocycles. The minimum atomic E-state index is -1.07. The maximum absolute atomic E-state index is 14.0. The van der Waals surface area contributed by atoms with Crippen LogP contribution in [0.5, 0.6) is 0 Å². The second-order valence-electron chi connectivity index (χ2n) is 5.78. The summed E-state index contributed by atoms with van der Waals surface area (Å²) in [5.74, 6) is 0.232. The van der Waals surface area contributed by atoms with Crippen LogP contribution < -0.4 is 0 Å². The Bertz CT molecular complexity index is 292. The lowest BCUT2D eigenvalue weighted by atomic mass is 9.66. The summed E-state index contributed by atoms with van der Waals surface area (Å²) in [7, 11) is 0. The van der Waals surface area contributed by atoms with Gasteiger partial charge in [-0.15, -0.1) is 0 Å². The maximum atomic E-state index is 14.0. The van der Waals surface area contributed by atoms with E-state index in [0.29, 0.717) is 19.4 Å². The van der Waals surface area contributed by atoms with Gasteiger partial charge in [0.1, 0.15) is 5.67 Å². The Morgan fingerprint density at radius 3 is 2.20 bits per heavy atom. The molecule has 0 aromatic heterocycles. The monoisotopic (exact) mass is 213 g/mol. The van der Waals surface area contributed by atoms with Gasteiger partial charge in [-0.2, -0.15) is 0 Å². The van der Waals surface area contributed by atoms with E-state index in [4.69, 9.17) is 0 Å². The molecule has 2 nitrogen and oxygen atoms in total. The van der Waals surface area contributed by atoms with Crippen molar-refractivity contribution in [2.45, 2.75) is 57.8 Å². The second kappa shape index (κ2) is 3.03. The number of rotatable bonds is 3. The Hall–Kier alpha value is -0.440. The van der Waals surface area contributed by atoms with E-state index in [1.54, 1.807) is 0 Å². The lowest BCUT2D eigenvalue weighted by Gasteiger charge is -2.45. The number of Topliss-reactive ketones (excluding diaryl/α,β-unsaturated/α-hetero) is 1. The fourth-order valence-corrected chi connectivity index (χ4v) is 3.30. The van der Waals surface area contributed by atoms with E-state index in [2.05, 4.69) is 4.90 Å². The molecule has 15 heavy (non-hydrogen) atoms. The molecule has 2 bridgehead atoms. The standard InChI is InChI=1S/C12H20FNO/c1-8(2)10(15)12-5-11(13,6-12)7-14(12)9(3)4/h8-9H,5-7H2,1-4H3. The van der Waals surface area contributed by atoms with Crippen LogP contribution in [0.3, 0.4) is 0 Å². The van der Waals surface area contributed by atoms with Gasteiger partial charge in [-0.05, 0) is 13.8 Å². The van der Waals surface area contributed by atoms with Crippen LogP contribution in [0.4, 0.5) is 4.39 Å². The third-order valence-corrected chi connectivity index (χ3v) is 3.83. The van der Waals surface area contributed by atoms with Crippen LogP contribution in [-0.4, -0.2) is 34.5 Å². The number of carbonyl (C=O) groups excluding carboxylic acids is 1. The largest absolute Gasteiger partial charge is 0.297 e. The zero-order valence-electron chi connectivity index (χ0n) is 10.0. The third-order valence-electron chi connectivity index (χ3n) is 3.83. The average Bonchev–Trinajstić information content (AvgIpc) is 2.52. The van der Waals surface area contributed by atoms with Crippen molar-refractivity contribution in [1.29, 1.82) is 0 Å². The Morgan fingerprint density at radius 2 is 1.80 bits per heavy atom. The number of carbonyl (C=O) groups is 1. The molecule has 0 amide bonds. The van der Waals surface area contributed by atoms with Crippen molar-refractivity contribution < 1.29 is 9.18 Å². The summed E-state index contributed by atoms with van der Waals surface area (Å²) in [5.41, 5.74) is -1.54. The summed E-state index contributed by atoms with van der Waals surface area (Å²) in [5, 5.41) is 0. The van der Waals surface area contributed by atoms with Gasteiger partial charge < -0.3 is 0 Å². The number of ketones is 1. The molecule has 86 valence electrons. The minimum absolute atomic E-state index is 0.00824. The molecule has 3 rings (SSSR count). The number of hydrogen-bond acceptors (Lipinski definition) is 2. The number of alkyl halides is 1. The fraction of sp³-hybridized carbons (Fsp3) is 0.917. The van der Waals surface area contributed by atoms with Crippen LogP contribution in [0.1, 0.15) is 40.5 Å². The topological polar surface area (TPSA) is 20.3 Å². The van der Waals surface area contributed by atoms with Gasteiger partial charge in [-0.25, -0.2) is 4.39 Å². The fourth-order valence-electron chi connectivity index (χ4n) is 3.30. The van der Waals surface area contributed by atoms with Crippen molar-refractivity contribution in [1.82, 2.24) is 4.90 Å². The Morgan fingerprint density at radius 1 is 1.27 bits per heavy atom. The zero-order valence-corrected chi connectivity index (χ0v) is 10.0. The smallest absolute Gasteiger partial charge is 0.155 e. The lowest BCUT2D eigenvalue weighted by molar-refractivity contribution is -0.139. The molecule has 0 radical (unpaired) electrons. The van der Waals surface area contributed by atoms with E-state index in [9.17, 15) is 9.18 Å². The van der Waals surface area contributed by atoms with Crippen LogP contribution in [0.15, 0.2) is 0 Å². The highest BCUT2D eigenvalue weighted by atomic mass is 19.1. The molecular formula is C12H20FNO. The van der Waals surface area contributed by atoms with E-state index in [-0.39, 0.29) is 17.7 Å². The summed E-state index contributed by atoms with van der Waals surface area (Å²) in [6.07, 6.45) is 0.852.